The predicted octanol–water partition coefficient (Wildman–Crippen LogP) is 4.84. The highest BCUT2D eigenvalue weighted by Crippen LogP contribution is 2.23. The van der Waals surface area contributed by atoms with Crippen molar-refractivity contribution in [3.05, 3.63) is 68.7 Å². The Morgan fingerprint density at radius 1 is 1.17 bits per heavy atom. The molecule has 1 nitrogen and oxygen atoms in total. The molecule has 0 bridgehead atoms. The van der Waals surface area contributed by atoms with Gasteiger partial charge in [0.1, 0.15) is 0 Å². The van der Waals surface area contributed by atoms with E-state index < -0.39 is 0 Å². The third-order valence-electron chi connectivity index (χ3n) is 2.73. The molecule has 0 amide bonds. The van der Waals surface area contributed by atoms with Crippen LogP contribution in [0.1, 0.15) is 21.5 Å². The maximum absolute atomic E-state index is 12.1. The topological polar surface area (TPSA) is 17.1 Å². The summed E-state index contributed by atoms with van der Waals surface area (Å²) in [6.07, 6.45) is 0.401. The van der Waals surface area contributed by atoms with Crippen molar-refractivity contribution in [2.24, 2.45) is 0 Å². The Morgan fingerprint density at radius 2 is 1.83 bits per heavy atom. The number of hydrogen-bond acceptors (Lipinski definition) is 1. The fraction of sp³-hybridized carbons (Fsp3) is 0.133. The zero-order valence-corrected chi connectivity index (χ0v) is 12.3. The van der Waals surface area contributed by atoms with Gasteiger partial charge in [0.2, 0.25) is 0 Å². The van der Waals surface area contributed by atoms with Crippen LogP contribution in [-0.4, -0.2) is 5.78 Å². The van der Waals surface area contributed by atoms with Crippen molar-refractivity contribution in [2.45, 2.75) is 13.3 Å². The van der Waals surface area contributed by atoms with E-state index in [1.807, 2.05) is 31.2 Å². The van der Waals surface area contributed by atoms with Crippen LogP contribution in [0, 0.1) is 6.92 Å². The van der Waals surface area contributed by atoms with E-state index in [4.69, 9.17) is 11.6 Å². The average molecular weight is 324 g/mol. The number of aryl methyl sites for hydroxylation is 1. The highest BCUT2D eigenvalue weighted by Gasteiger charge is 2.08. The van der Waals surface area contributed by atoms with Crippen LogP contribution in [0.25, 0.3) is 0 Å². The van der Waals surface area contributed by atoms with Crippen molar-refractivity contribution < 1.29 is 4.79 Å². The molecule has 0 aliphatic rings. The number of benzene rings is 2. The summed E-state index contributed by atoms with van der Waals surface area (Å²) in [7, 11) is 0. The Labute approximate surface area is 120 Å². The summed E-state index contributed by atoms with van der Waals surface area (Å²) in [5, 5.41) is 0.560. The highest BCUT2D eigenvalue weighted by molar-refractivity contribution is 9.10. The molecule has 18 heavy (non-hydrogen) atoms. The maximum Gasteiger partial charge on any atom is 0.167 e. The number of Topliss-reactive ketones (excluding diaryl/α,β-unsaturated/α-hetero) is 1. The Bertz CT molecular complexity index is 576. The first-order valence-corrected chi connectivity index (χ1v) is 6.77. The number of rotatable bonds is 3. The van der Waals surface area contributed by atoms with Crippen molar-refractivity contribution in [1.29, 1.82) is 0 Å². The monoisotopic (exact) mass is 322 g/mol. The molecular weight excluding hydrogens is 312 g/mol. The number of halogens is 2. The standard InChI is InChI=1S/C15H12BrClO/c1-10-2-4-11(5-3-10)8-15(18)12-6-7-13(16)14(17)9-12/h2-7,9H,8H2,1H3. The molecule has 0 aliphatic heterocycles. The van der Waals surface area contributed by atoms with E-state index in [-0.39, 0.29) is 5.78 Å². The highest BCUT2D eigenvalue weighted by atomic mass is 79.9. The van der Waals surface area contributed by atoms with E-state index in [0.29, 0.717) is 17.0 Å². The first-order valence-electron chi connectivity index (χ1n) is 5.60. The Hall–Kier alpha value is -1.12. The minimum atomic E-state index is 0.0771. The van der Waals surface area contributed by atoms with Crippen LogP contribution in [0.2, 0.25) is 5.02 Å². The quantitative estimate of drug-likeness (QED) is 0.739. The number of carbonyl (C=O) groups excluding carboxylic acids is 1. The van der Waals surface area contributed by atoms with Crippen LogP contribution in [-0.2, 0) is 6.42 Å². The van der Waals surface area contributed by atoms with E-state index in [2.05, 4.69) is 15.9 Å². The largest absolute Gasteiger partial charge is 0.294 e. The molecule has 0 saturated carbocycles. The van der Waals surface area contributed by atoms with Crippen molar-refractivity contribution in [1.82, 2.24) is 0 Å². The number of ketones is 1. The molecule has 0 fully saturated rings. The molecule has 0 N–H and O–H groups in total. The summed E-state index contributed by atoms with van der Waals surface area (Å²) in [4.78, 5) is 12.1. The van der Waals surface area contributed by atoms with E-state index in [1.165, 1.54) is 5.56 Å². The molecule has 0 atom stereocenters. The Morgan fingerprint density at radius 3 is 2.44 bits per heavy atom. The van der Waals surface area contributed by atoms with Crippen molar-refractivity contribution in [2.75, 3.05) is 0 Å². The molecule has 2 aromatic rings. The smallest absolute Gasteiger partial charge is 0.167 e. The zero-order valence-electron chi connectivity index (χ0n) is 9.91. The van der Waals surface area contributed by atoms with Gasteiger partial charge in [0.25, 0.3) is 0 Å². The molecule has 0 aliphatic carbocycles. The van der Waals surface area contributed by atoms with Crippen molar-refractivity contribution in [3.63, 3.8) is 0 Å². The summed E-state index contributed by atoms with van der Waals surface area (Å²) >= 11 is 9.29. The summed E-state index contributed by atoms with van der Waals surface area (Å²) in [5.41, 5.74) is 2.85. The second kappa shape index (κ2) is 5.68. The molecule has 92 valence electrons. The minimum absolute atomic E-state index is 0.0771. The van der Waals surface area contributed by atoms with E-state index in [0.717, 1.165) is 10.0 Å². The van der Waals surface area contributed by atoms with Gasteiger partial charge in [0.05, 0.1) is 5.02 Å². The molecule has 0 radical (unpaired) electrons. The lowest BCUT2D eigenvalue weighted by molar-refractivity contribution is 0.0993. The van der Waals surface area contributed by atoms with Crippen molar-refractivity contribution in [3.8, 4) is 0 Å². The Kier molecular flexibility index (Phi) is 4.20. The van der Waals surface area contributed by atoms with E-state index in [1.54, 1.807) is 18.2 Å². The van der Waals surface area contributed by atoms with Gasteiger partial charge in [-0.15, -0.1) is 0 Å². The molecule has 3 heteroatoms. The first-order chi connectivity index (χ1) is 8.56. The lowest BCUT2D eigenvalue weighted by Crippen LogP contribution is -2.03. The van der Waals surface area contributed by atoms with Crippen LogP contribution in [0.3, 0.4) is 0 Å². The molecule has 0 spiro atoms. The predicted molar refractivity (Wildman–Crippen MR) is 78.4 cm³/mol. The summed E-state index contributed by atoms with van der Waals surface area (Å²) in [6.45, 7) is 2.03. The van der Waals surface area contributed by atoms with E-state index >= 15 is 0 Å². The summed E-state index contributed by atoms with van der Waals surface area (Å²) < 4.78 is 0.802. The van der Waals surface area contributed by atoms with Crippen LogP contribution in [0.5, 0.6) is 0 Å². The fourth-order valence-electron chi connectivity index (χ4n) is 1.66. The molecule has 0 aromatic heterocycles. The lowest BCUT2D eigenvalue weighted by Gasteiger charge is -2.04. The van der Waals surface area contributed by atoms with Gasteiger partial charge in [0.15, 0.2) is 5.78 Å². The normalized spacial score (nSPS) is 10.4. The van der Waals surface area contributed by atoms with Gasteiger partial charge in [-0.25, -0.2) is 0 Å². The van der Waals surface area contributed by atoms with Crippen LogP contribution in [0.4, 0.5) is 0 Å². The van der Waals surface area contributed by atoms with Crippen LogP contribution < -0.4 is 0 Å². The maximum atomic E-state index is 12.1. The zero-order chi connectivity index (χ0) is 13.1. The molecular formula is C15H12BrClO. The minimum Gasteiger partial charge on any atom is -0.294 e. The number of hydrogen-bond donors (Lipinski definition) is 0. The van der Waals surface area contributed by atoms with Gasteiger partial charge in [-0.3, -0.25) is 4.79 Å². The van der Waals surface area contributed by atoms with Crippen LogP contribution in [0.15, 0.2) is 46.9 Å². The fourth-order valence-corrected chi connectivity index (χ4v) is 2.09. The molecule has 2 aromatic carbocycles. The van der Waals surface area contributed by atoms with Gasteiger partial charge in [-0.2, -0.15) is 0 Å². The van der Waals surface area contributed by atoms with Crippen molar-refractivity contribution >= 4 is 33.3 Å². The summed E-state index contributed by atoms with van der Waals surface area (Å²) in [6, 6.07) is 13.3. The lowest BCUT2D eigenvalue weighted by atomic mass is 10.0. The molecule has 0 heterocycles. The van der Waals surface area contributed by atoms with Gasteiger partial charge in [-0.1, -0.05) is 47.5 Å². The SMILES string of the molecule is Cc1ccc(CC(=O)c2ccc(Br)c(Cl)c2)cc1. The molecule has 2 rings (SSSR count). The second-order valence-corrected chi connectivity index (χ2v) is 5.48. The van der Waals surface area contributed by atoms with Gasteiger partial charge < -0.3 is 0 Å². The van der Waals surface area contributed by atoms with E-state index in [9.17, 15) is 4.79 Å². The van der Waals surface area contributed by atoms with Gasteiger partial charge >= 0.3 is 0 Å². The second-order valence-electron chi connectivity index (χ2n) is 4.21. The van der Waals surface area contributed by atoms with Gasteiger partial charge in [0, 0.05) is 16.5 Å². The summed E-state index contributed by atoms with van der Waals surface area (Å²) in [5.74, 6) is 0.0771. The van der Waals surface area contributed by atoms with Crippen LogP contribution >= 0.6 is 27.5 Å². The third-order valence-corrected chi connectivity index (χ3v) is 3.96. The van der Waals surface area contributed by atoms with Gasteiger partial charge in [-0.05, 0) is 40.5 Å². The number of carbonyl (C=O) groups is 1. The molecule has 0 saturated heterocycles. The molecule has 0 unspecified atom stereocenters. The third kappa shape index (κ3) is 3.21. The first kappa shape index (κ1) is 13.3. The average Bonchev–Trinajstić information content (AvgIpc) is 2.35. The Balaban J connectivity index is 2.16.